The number of nitrogens with one attached hydrogen (secondary N) is 3. The second-order valence-corrected chi connectivity index (χ2v) is 7.61. The van der Waals surface area contributed by atoms with Gasteiger partial charge in [-0.3, -0.25) is 29.2 Å². The van der Waals surface area contributed by atoms with E-state index >= 15 is 0 Å². The smallest absolute Gasteiger partial charge is 0.326 e. The van der Waals surface area contributed by atoms with Crippen LogP contribution in [0.25, 0.3) is 0 Å². The highest BCUT2D eigenvalue weighted by Gasteiger charge is 2.29. The third-order valence-electron chi connectivity index (χ3n) is 4.62. The molecule has 0 aliphatic carbocycles. The molecular weight excluding hydrogens is 480 g/mol. The number of carbonyl (C=O) groups excluding carboxylic acids is 3. The van der Waals surface area contributed by atoms with E-state index in [9.17, 15) is 29.1 Å². The number of carboxylic acid groups (broad SMARTS) is 2. The van der Waals surface area contributed by atoms with Crippen LogP contribution >= 0.6 is 0 Å². The van der Waals surface area contributed by atoms with E-state index in [0.29, 0.717) is 6.42 Å². The Labute approximate surface area is 207 Å². The van der Waals surface area contributed by atoms with Gasteiger partial charge in [-0.1, -0.05) is 0 Å². The molecule has 0 fully saturated rings. The van der Waals surface area contributed by atoms with Crippen LogP contribution in [-0.4, -0.2) is 89.6 Å². The number of amides is 3. The van der Waals surface area contributed by atoms with Crippen LogP contribution in [0.3, 0.4) is 0 Å². The summed E-state index contributed by atoms with van der Waals surface area (Å²) in [6.07, 6.45) is -0.225. The molecule has 3 unspecified atom stereocenters. The maximum atomic E-state index is 12.9. The number of hydrogen-bond acceptors (Lipinski definition) is 8. The van der Waals surface area contributed by atoms with Gasteiger partial charge < -0.3 is 54.8 Å². The fourth-order valence-electron chi connectivity index (χ4n) is 2.87. The van der Waals surface area contributed by atoms with Crippen molar-refractivity contribution in [2.45, 2.75) is 56.7 Å². The van der Waals surface area contributed by atoms with E-state index in [2.05, 4.69) is 25.9 Å². The Kier molecular flexibility index (Phi) is 15.3. The lowest BCUT2D eigenvalue weighted by Crippen LogP contribution is -2.56. The van der Waals surface area contributed by atoms with E-state index in [1.165, 1.54) is 0 Å². The second-order valence-electron chi connectivity index (χ2n) is 7.61. The number of nitrogens with two attached hydrogens (primary N) is 5. The first-order valence-electron chi connectivity index (χ1n) is 11.0. The van der Waals surface area contributed by atoms with Gasteiger partial charge in [0.05, 0.1) is 6.54 Å². The van der Waals surface area contributed by atoms with Crippen LogP contribution in [0.15, 0.2) is 9.98 Å². The van der Waals surface area contributed by atoms with Crippen molar-refractivity contribution in [1.29, 1.82) is 0 Å². The van der Waals surface area contributed by atoms with Gasteiger partial charge in [0, 0.05) is 19.5 Å². The Morgan fingerprint density at radius 2 is 1.14 bits per heavy atom. The Morgan fingerprint density at radius 3 is 1.53 bits per heavy atom. The van der Waals surface area contributed by atoms with Crippen LogP contribution in [0.2, 0.25) is 0 Å². The third kappa shape index (κ3) is 14.9. The van der Waals surface area contributed by atoms with Gasteiger partial charge in [0.15, 0.2) is 11.9 Å². The average Bonchev–Trinajstić information content (AvgIpc) is 2.79. The molecule has 204 valence electrons. The number of aliphatic imine (C=N–C) groups is 2. The predicted octanol–water partition coefficient (Wildman–Crippen LogP) is -4.54. The van der Waals surface area contributed by atoms with E-state index in [-0.39, 0.29) is 57.2 Å². The van der Waals surface area contributed by atoms with E-state index in [0.717, 1.165) is 0 Å². The van der Waals surface area contributed by atoms with Crippen LogP contribution in [0.4, 0.5) is 0 Å². The van der Waals surface area contributed by atoms with Crippen molar-refractivity contribution in [2.75, 3.05) is 19.6 Å². The van der Waals surface area contributed by atoms with Crippen molar-refractivity contribution >= 4 is 41.6 Å². The van der Waals surface area contributed by atoms with Crippen molar-refractivity contribution in [3.05, 3.63) is 0 Å². The molecule has 0 aromatic rings. The zero-order valence-electron chi connectivity index (χ0n) is 19.8. The molecule has 0 rings (SSSR count). The van der Waals surface area contributed by atoms with E-state index in [1.54, 1.807) is 0 Å². The standard InChI is InChI=1S/C19H36N10O7/c20-9-13(30)27-10(3-1-7-25-18(21)22)15(33)28-11(4-2-8-26-19(23)24)16(34)29-12(17(35)36)5-6-14(31)32/h10-12H,1-9,20H2,(H,27,30)(H,28,33)(H,29,34)(H,31,32)(H,35,36)(H4,21,22,25)(H4,23,24,26). The zero-order valence-corrected chi connectivity index (χ0v) is 19.8. The lowest BCUT2D eigenvalue weighted by Gasteiger charge is -2.24. The Balaban J connectivity index is 5.55. The summed E-state index contributed by atoms with van der Waals surface area (Å²) in [4.78, 5) is 67.4. The first kappa shape index (κ1) is 31.8. The molecule has 0 spiro atoms. The molecule has 0 aliphatic rings. The molecular formula is C19H36N10O7. The Hall–Kier alpha value is -4.15. The maximum absolute atomic E-state index is 12.9. The maximum Gasteiger partial charge on any atom is 0.326 e. The Morgan fingerprint density at radius 1 is 0.694 bits per heavy atom. The molecule has 0 aromatic carbocycles. The summed E-state index contributed by atoms with van der Waals surface area (Å²) < 4.78 is 0. The van der Waals surface area contributed by atoms with Crippen LogP contribution in [-0.2, 0) is 24.0 Å². The number of hydrogen-bond donors (Lipinski definition) is 10. The van der Waals surface area contributed by atoms with Crippen LogP contribution in [0.5, 0.6) is 0 Å². The molecule has 0 aromatic heterocycles. The normalized spacial score (nSPS) is 12.8. The van der Waals surface area contributed by atoms with Gasteiger partial charge in [-0.25, -0.2) is 4.79 Å². The number of carboxylic acids is 2. The van der Waals surface area contributed by atoms with Crippen molar-refractivity contribution in [3.63, 3.8) is 0 Å². The number of guanidine groups is 2. The van der Waals surface area contributed by atoms with Gasteiger partial charge in [0.2, 0.25) is 17.7 Å². The zero-order chi connectivity index (χ0) is 27.7. The fraction of sp³-hybridized carbons (Fsp3) is 0.632. The molecule has 3 atom stereocenters. The average molecular weight is 517 g/mol. The molecule has 0 aliphatic heterocycles. The minimum Gasteiger partial charge on any atom is -0.481 e. The minimum atomic E-state index is -1.50. The van der Waals surface area contributed by atoms with E-state index < -0.39 is 54.2 Å². The summed E-state index contributed by atoms with van der Waals surface area (Å²) in [5, 5.41) is 25.3. The molecule has 0 radical (unpaired) electrons. The lowest BCUT2D eigenvalue weighted by atomic mass is 10.1. The summed E-state index contributed by atoms with van der Waals surface area (Å²) in [5.74, 6) is -5.22. The van der Waals surface area contributed by atoms with Crippen LogP contribution in [0, 0.1) is 0 Å². The predicted molar refractivity (Wildman–Crippen MR) is 129 cm³/mol. The molecule has 0 saturated heterocycles. The fourth-order valence-corrected chi connectivity index (χ4v) is 2.87. The van der Waals surface area contributed by atoms with Crippen LogP contribution in [0.1, 0.15) is 38.5 Å². The van der Waals surface area contributed by atoms with Gasteiger partial charge in [-0.05, 0) is 32.1 Å². The van der Waals surface area contributed by atoms with Crippen molar-refractivity contribution in [2.24, 2.45) is 38.7 Å². The summed E-state index contributed by atoms with van der Waals surface area (Å²) in [6.45, 7) is -0.0872. The summed E-state index contributed by atoms with van der Waals surface area (Å²) >= 11 is 0. The molecule has 36 heavy (non-hydrogen) atoms. The molecule has 3 amide bonds. The van der Waals surface area contributed by atoms with E-state index in [4.69, 9.17) is 33.8 Å². The summed E-state index contributed by atoms with van der Waals surface area (Å²) in [7, 11) is 0. The Bertz CT molecular complexity index is 825. The summed E-state index contributed by atoms with van der Waals surface area (Å²) in [5.41, 5.74) is 26.4. The van der Waals surface area contributed by atoms with Gasteiger partial charge in [0.1, 0.15) is 18.1 Å². The molecule has 0 saturated carbocycles. The van der Waals surface area contributed by atoms with Crippen molar-refractivity contribution < 1.29 is 34.2 Å². The molecule has 17 heteroatoms. The van der Waals surface area contributed by atoms with Crippen molar-refractivity contribution in [1.82, 2.24) is 16.0 Å². The molecule has 0 heterocycles. The summed E-state index contributed by atoms with van der Waals surface area (Å²) in [6, 6.07) is -3.84. The molecule has 15 N–H and O–H groups in total. The highest BCUT2D eigenvalue weighted by Crippen LogP contribution is 2.06. The largest absolute Gasteiger partial charge is 0.481 e. The topological polar surface area (TPSA) is 317 Å². The number of carbonyl (C=O) groups is 5. The van der Waals surface area contributed by atoms with Gasteiger partial charge in [-0.2, -0.15) is 0 Å². The second kappa shape index (κ2) is 17.3. The highest BCUT2D eigenvalue weighted by molar-refractivity contribution is 5.93. The quantitative estimate of drug-likeness (QED) is 0.0467. The minimum absolute atomic E-state index is 0.00514. The van der Waals surface area contributed by atoms with Gasteiger partial charge in [-0.15, -0.1) is 0 Å². The third-order valence-corrected chi connectivity index (χ3v) is 4.62. The van der Waals surface area contributed by atoms with Crippen LogP contribution < -0.4 is 44.6 Å². The first-order chi connectivity index (χ1) is 16.9. The van der Waals surface area contributed by atoms with Gasteiger partial charge in [0.25, 0.3) is 0 Å². The molecule has 0 bridgehead atoms. The first-order valence-corrected chi connectivity index (χ1v) is 11.0. The lowest BCUT2D eigenvalue weighted by molar-refractivity contribution is -0.143. The SMILES string of the molecule is NCC(=O)NC(CCCN=C(N)N)C(=O)NC(CCCN=C(N)N)C(=O)NC(CCC(=O)O)C(=O)O. The monoisotopic (exact) mass is 516 g/mol. The van der Waals surface area contributed by atoms with Crippen molar-refractivity contribution in [3.8, 4) is 0 Å². The van der Waals surface area contributed by atoms with Gasteiger partial charge >= 0.3 is 11.9 Å². The highest BCUT2D eigenvalue weighted by atomic mass is 16.4. The number of aliphatic carboxylic acids is 2. The number of rotatable bonds is 18. The molecule has 17 nitrogen and oxygen atoms in total. The van der Waals surface area contributed by atoms with E-state index in [1.807, 2.05) is 0 Å². The number of nitrogens with zero attached hydrogens (tertiary/aromatic N) is 2.